The quantitative estimate of drug-likeness (QED) is 0.629. The van der Waals surface area contributed by atoms with Crippen LogP contribution in [0.4, 0.5) is 0 Å². The molecule has 2 nitrogen and oxygen atoms in total. The zero-order valence-corrected chi connectivity index (χ0v) is 12.8. The van der Waals surface area contributed by atoms with Crippen molar-refractivity contribution < 1.29 is 0 Å². The Kier molecular flexibility index (Phi) is 7.08. The lowest BCUT2D eigenvalue weighted by Crippen LogP contribution is -2.08. The van der Waals surface area contributed by atoms with Crippen LogP contribution in [0.2, 0.25) is 0 Å². The van der Waals surface area contributed by atoms with E-state index < -0.39 is 0 Å². The molecule has 1 aromatic carbocycles. The number of allylic oxidation sites excluding steroid dienone is 6. The summed E-state index contributed by atoms with van der Waals surface area (Å²) >= 11 is 3.42. The summed E-state index contributed by atoms with van der Waals surface area (Å²) in [6.45, 7) is 3.99. The Labute approximate surface area is 123 Å². The molecule has 2 N–H and O–H groups in total. The van der Waals surface area contributed by atoms with Crippen LogP contribution in [0.1, 0.15) is 25.6 Å². The second kappa shape index (κ2) is 8.62. The number of nitrogens with zero attached hydrogens (tertiary/aromatic N) is 1. The van der Waals surface area contributed by atoms with Gasteiger partial charge in [0.2, 0.25) is 0 Å². The van der Waals surface area contributed by atoms with Crippen molar-refractivity contribution in [3.8, 4) is 0 Å². The number of hydrogen-bond acceptors (Lipinski definition) is 2. The van der Waals surface area contributed by atoms with E-state index >= 15 is 0 Å². The first kappa shape index (κ1) is 15.6. The molecule has 1 rings (SSSR count). The van der Waals surface area contributed by atoms with Crippen LogP contribution in [-0.4, -0.2) is 4.62 Å². The second-order valence-electron chi connectivity index (χ2n) is 3.93. The van der Waals surface area contributed by atoms with Crippen LogP contribution in [0.15, 0.2) is 71.3 Å². The fourth-order valence-electron chi connectivity index (χ4n) is 1.51. The lowest BCUT2D eigenvalue weighted by atomic mass is 10.2. The van der Waals surface area contributed by atoms with Gasteiger partial charge in [0, 0.05) is 0 Å². The third kappa shape index (κ3) is 5.81. The zero-order chi connectivity index (χ0) is 14.1. The second-order valence-corrected chi connectivity index (χ2v) is 4.74. The molecule has 1 aromatic rings. The van der Waals surface area contributed by atoms with E-state index in [9.17, 15) is 0 Å². The summed E-state index contributed by atoms with van der Waals surface area (Å²) in [6.07, 6.45) is 9.61. The summed E-state index contributed by atoms with van der Waals surface area (Å²) in [6, 6.07) is 9.81. The van der Waals surface area contributed by atoms with Gasteiger partial charge in [-0.2, -0.15) is 0 Å². The highest BCUT2D eigenvalue weighted by atomic mass is 79.9. The van der Waals surface area contributed by atoms with Crippen molar-refractivity contribution >= 4 is 20.6 Å². The van der Waals surface area contributed by atoms with Crippen molar-refractivity contribution in [2.45, 2.75) is 20.0 Å². The summed E-state index contributed by atoms with van der Waals surface area (Å²) in [5.41, 5.74) is 8.13. The highest BCUT2D eigenvalue weighted by molar-refractivity contribution is 9.18. The minimum absolute atomic E-state index is 0.351. The third-order valence-electron chi connectivity index (χ3n) is 2.51. The molecule has 0 fully saturated rings. The zero-order valence-electron chi connectivity index (χ0n) is 11.3. The summed E-state index contributed by atoms with van der Waals surface area (Å²) in [5, 5.41) is 0. The SMILES string of the molecule is C\C=C/C(/C=C/C(Br)=NC(N)c1ccccc1)=C\C. The van der Waals surface area contributed by atoms with Gasteiger partial charge in [-0.05, 0) is 47.0 Å². The molecule has 0 spiro atoms. The van der Waals surface area contributed by atoms with Crippen LogP contribution in [0.5, 0.6) is 0 Å². The topological polar surface area (TPSA) is 38.4 Å². The number of nitrogens with two attached hydrogens (primary N) is 1. The minimum atomic E-state index is -0.351. The Morgan fingerprint density at radius 2 is 1.84 bits per heavy atom. The van der Waals surface area contributed by atoms with Gasteiger partial charge < -0.3 is 5.73 Å². The summed E-state index contributed by atoms with van der Waals surface area (Å²) < 4.78 is 0.729. The average molecular weight is 319 g/mol. The minimum Gasteiger partial charge on any atom is -0.306 e. The van der Waals surface area contributed by atoms with E-state index in [2.05, 4.69) is 20.9 Å². The molecule has 19 heavy (non-hydrogen) atoms. The van der Waals surface area contributed by atoms with Crippen LogP contribution < -0.4 is 5.73 Å². The first-order chi connectivity index (χ1) is 9.17. The normalized spacial score (nSPS) is 15.4. The van der Waals surface area contributed by atoms with Crippen LogP contribution in [-0.2, 0) is 0 Å². The molecule has 0 heterocycles. The predicted molar refractivity (Wildman–Crippen MR) is 87.4 cm³/mol. The maximum Gasteiger partial charge on any atom is 0.124 e. The van der Waals surface area contributed by atoms with Crippen molar-refractivity contribution in [2.75, 3.05) is 0 Å². The monoisotopic (exact) mass is 318 g/mol. The first-order valence-corrected chi connectivity index (χ1v) is 6.97. The summed E-state index contributed by atoms with van der Waals surface area (Å²) in [4.78, 5) is 4.39. The molecule has 0 radical (unpaired) electrons. The van der Waals surface area contributed by atoms with E-state index in [0.29, 0.717) is 0 Å². The van der Waals surface area contributed by atoms with Crippen molar-refractivity contribution in [3.05, 3.63) is 71.8 Å². The Morgan fingerprint density at radius 3 is 2.42 bits per heavy atom. The molecular formula is C16H19BrN2. The van der Waals surface area contributed by atoms with Gasteiger partial charge in [0.25, 0.3) is 0 Å². The summed E-state index contributed by atoms with van der Waals surface area (Å²) in [7, 11) is 0. The maximum absolute atomic E-state index is 6.01. The largest absolute Gasteiger partial charge is 0.306 e. The van der Waals surface area contributed by atoms with Crippen LogP contribution >= 0.6 is 15.9 Å². The molecule has 3 heteroatoms. The fraction of sp³-hybridized carbons (Fsp3) is 0.188. The van der Waals surface area contributed by atoms with Gasteiger partial charge in [-0.1, -0.05) is 54.6 Å². The van der Waals surface area contributed by atoms with E-state index in [1.165, 1.54) is 0 Å². The number of rotatable bonds is 5. The predicted octanol–water partition coefficient (Wildman–Crippen LogP) is 4.52. The molecule has 0 amide bonds. The van der Waals surface area contributed by atoms with E-state index in [-0.39, 0.29) is 6.17 Å². The van der Waals surface area contributed by atoms with Crippen molar-refractivity contribution in [2.24, 2.45) is 10.7 Å². The van der Waals surface area contributed by atoms with E-state index in [1.54, 1.807) is 0 Å². The van der Waals surface area contributed by atoms with Gasteiger partial charge in [0.15, 0.2) is 0 Å². The lowest BCUT2D eigenvalue weighted by molar-refractivity contribution is 0.780. The summed E-state index contributed by atoms with van der Waals surface area (Å²) in [5.74, 6) is 0. The highest BCUT2D eigenvalue weighted by Crippen LogP contribution is 2.13. The number of hydrogen-bond donors (Lipinski definition) is 1. The van der Waals surface area contributed by atoms with E-state index in [0.717, 1.165) is 15.8 Å². The molecule has 0 aliphatic heterocycles. The standard InChI is InChI=1S/C16H19BrN2/c1-3-8-13(4-2)11-12-15(17)19-16(18)14-9-6-5-7-10-14/h3-12,16H,18H2,1-2H3/b8-3-,12-11+,13-4+,19-15?. The van der Waals surface area contributed by atoms with Crippen LogP contribution in [0.25, 0.3) is 0 Å². The molecule has 0 bridgehead atoms. The van der Waals surface area contributed by atoms with Gasteiger partial charge in [-0.15, -0.1) is 0 Å². The first-order valence-electron chi connectivity index (χ1n) is 6.18. The van der Waals surface area contributed by atoms with Crippen molar-refractivity contribution in [3.63, 3.8) is 0 Å². The Morgan fingerprint density at radius 1 is 1.16 bits per heavy atom. The molecule has 0 aromatic heterocycles. The molecule has 0 saturated carbocycles. The van der Waals surface area contributed by atoms with Gasteiger partial charge in [0.05, 0.1) is 0 Å². The Hall–Kier alpha value is -1.45. The molecule has 0 aliphatic carbocycles. The van der Waals surface area contributed by atoms with Crippen LogP contribution in [0, 0.1) is 0 Å². The molecule has 0 aliphatic rings. The van der Waals surface area contributed by atoms with Gasteiger partial charge in [0.1, 0.15) is 10.8 Å². The molecular weight excluding hydrogens is 300 g/mol. The van der Waals surface area contributed by atoms with Crippen LogP contribution in [0.3, 0.4) is 0 Å². The van der Waals surface area contributed by atoms with E-state index in [4.69, 9.17) is 5.73 Å². The fourth-order valence-corrected chi connectivity index (χ4v) is 1.86. The Balaban J connectivity index is 2.75. The molecule has 100 valence electrons. The smallest absolute Gasteiger partial charge is 0.124 e. The van der Waals surface area contributed by atoms with Gasteiger partial charge in [-0.3, -0.25) is 4.99 Å². The molecule has 1 atom stereocenters. The third-order valence-corrected chi connectivity index (χ3v) is 2.98. The number of halogens is 1. The van der Waals surface area contributed by atoms with Gasteiger partial charge >= 0.3 is 0 Å². The Bertz CT molecular complexity index is 499. The van der Waals surface area contributed by atoms with Gasteiger partial charge in [-0.25, -0.2) is 0 Å². The average Bonchev–Trinajstić information content (AvgIpc) is 2.44. The molecule has 0 saturated heterocycles. The lowest BCUT2D eigenvalue weighted by Gasteiger charge is -2.06. The number of benzene rings is 1. The highest BCUT2D eigenvalue weighted by Gasteiger charge is 2.02. The van der Waals surface area contributed by atoms with Crippen molar-refractivity contribution in [1.29, 1.82) is 0 Å². The van der Waals surface area contributed by atoms with Crippen molar-refractivity contribution in [1.82, 2.24) is 0 Å². The van der Waals surface area contributed by atoms with E-state index in [1.807, 2.05) is 74.6 Å². The maximum atomic E-state index is 6.01. The molecule has 1 unspecified atom stereocenters. The number of aliphatic imine (C=N–C) groups is 1.